The molecule has 1 saturated carbocycles. The zero-order chi connectivity index (χ0) is 7.68. The molecule has 3 nitrogen and oxygen atoms in total. The van der Waals surface area contributed by atoms with Gasteiger partial charge in [-0.1, -0.05) is 6.42 Å². The van der Waals surface area contributed by atoms with E-state index in [9.17, 15) is 4.79 Å². The highest BCUT2D eigenvalue weighted by molar-refractivity contribution is 5.76. The first-order chi connectivity index (χ1) is 5.36. The van der Waals surface area contributed by atoms with E-state index >= 15 is 0 Å². The molecule has 1 heterocycles. The number of urea groups is 1. The number of nitrogens with one attached hydrogen (secondary N) is 1. The molecule has 11 heavy (non-hydrogen) atoms. The minimum atomic E-state index is 0.136. The van der Waals surface area contributed by atoms with Gasteiger partial charge in [-0.3, -0.25) is 0 Å². The summed E-state index contributed by atoms with van der Waals surface area (Å²) >= 11 is 0. The third-order valence-corrected chi connectivity index (χ3v) is 2.65. The van der Waals surface area contributed by atoms with Gasteiger partial charge in [-0.15, -0.1) is 0 Å². The predicted octanol–water partition coefficient (Wildman–Crippen LogP) is 0.812. The number of carbonyl (C=O) groups excluding carboxylic acids is 1. The van der Waals surface area contributed by atoms with Crippen LogP contribution in [0.4, 0.5) is 4.79 Å². The predicted molar refractivity (Wildman–Crippen MR) is 42.3 cm³/mol. The Bertz CT molecular complexity index is 165. The van der Waals surface area contributed by atoms with Crippen LogP contribution in [-0.4, -0.2) is 30.6 Å². The van der Waals surface area contributed by atoms with Crippen LogP contribution in [0, 0.1) is 5.92 Å². The van der Waals surface area contributed by atoms with Crippen molar-refractivity contribution in [3.63, 3.8) is 0 Å². The van der Waals surface area contributed by atoms with Crippen LogP contribution >= 0.6 is 0 Å². The van der Waals surface area contributed by atoms with Gasteiger partial charge in [0.05, 0.1) is 0 Å². The molecule has 2 aliphatic rings. The molecule has 0 radical (unpaired) electrons. The lowest BCUT2D eigenvalue weighted by Gasteiger charge is -2.29. The molecule has 1 aliphatic heterocycles. The molecule has 2 fully saturated rings. The van der Waals surface area contributed by atoms with Gasteiger partial charge in [0.2, 0.25) is 0 Å². The van der Waals surface area contributed by atoms with Gasteiger partial charge in [-0.05, 0) is 18.8 Å². The Labute approximate surface area is 66.8 Å². The molecular formula is C8H14N2O. The van der Waals surface area contributed by atoms with Crippen molar-refractivity contribution in [1.29, 1.82) is 0 Å². The molecule has 0 aromatic rings. The summed E-state index contributed by atoms with van der Waals surface area (Å²) in [6, 6.07) is 0.136. The van der Waals surface area contributed by atoms with Gasteiger partial charge in [-0.2, -0.15) is 0 Å². The van der Waals surface area contributed by atoms with Crippen molar-refractivity contribution in [2.24, 2.45) is 5.92 Å². The van der Waals surface area contributed by atoms with Gasteiger partial charge < -0.3 is 10.2 Å². The van der Waals surface area contributed by atoms with Crippen molar-refractivity contribution in [1.82, 2.24) is 10.2 Å². The number of nitrogens with zero attached hydrogens (tertiary/aromatic N) is 1. The second-order valence-corrected chi connectivity index (χ2v) is 3.47. The van der Waals surface area contributed by atoms with Crippen molar-refractivity contribution < 1.29 is 4.79 Å². The molecule has 0 aromatic carbocycles. The fourth-order valence-electron chi connectivity index (χ4n) is 1.67. The Morgan fingerprint density at radius 2 is 2.36 bits per heavy atom. The van der Waals surface area contributed by atoms with Gasteiger partial charge >= 0.3 is 6.03 Å². The summed E-state index contributed by atoms with van der Waals surface area (Å²) in [5.74, 6) is 0.804. The van der Waals surface area contributed by atoms with Crippen molar-refractivity contribution in [2.75, 3.05) is 19.6 Å². The lowest BCUT2D eigenvalue weighted by molar-refractivity contribution is 0.188. The topological polar surface area (TPSA) is 32.3 Å². The van der Waals surface area contributed by atoms with E-state index in [2.05, 4.69) is 5.32 Å². The summed E-state index contributed by atoms with van der Waals surface area (Å²) in [5, 5.41) is 2.81. The summed E-state index contributed by atoms with van der Waals surface area (Å²) in [6.45, 7) is 2.74. The molecule has 1 N–H and O–H groups in total. The molecule has 0 atom stereocenters. The van der Waals surface area contributed by atoms with Gasteiger partial charge in [0.1, 0.15) is 0 Å². The highest BCUT2D eigenvalue weighted by Gasteiger charge is 2.25. The maximum Gasteiger partial charge on any atom is 0.317 e. The lowest BCUT2D eigenvalue weighted by atomic mass is 9.85. The van der Waals surface area contributed by atoms with Crippen LogP contribution < -0.4 is 5.32 Å². The Kier molecular flexibility index (Phi) is 1.72. The van der Waals surface area contributed by atoms with Crippen LogP contribution in [-0.2, 0) is 0 Å². The number of rotatable bonds is 2. The second-order valence-electron chi connectivity index (χ2n) is 3.47. The number of hydrogen-bond acceptors (Lipinski definition) is 1. The summed E-state index contributed by atoms with van der Waals surface area (Å²) < 4.78 is 0. The van der Waals surface area contributed by atoms with Crippen LogP contribution in [0.25, 0.3) is 0 Å². The summed E-state index contributed by atoms with van der Waals surface area (Å²) in [4.78, 5) is 13.0. The fraction of sp³-hybridized carbons (Fsp3) is 0.875. The van der Waals surface area contributed by atoms with E-state index in [4.69, 9.17) is 0 Å². The zero-order valence-corrected chi connectivity index (χ0v) is 6.68. The summed E-state index contributed by atoms with van der Waals surface area (Å²) in [5.41, 5.74) is 0. The zero-order valence-electron chi connectivity index (χ0n) is 6.68. The first-order valence-electron chi connectivity index (χ1n) is 4.39. The summed E-state index contributed by atoms with van der Waals surface area (Å²) in [6.07, 6.45) is 4.01. The number of hydrogen-bond donors (Lipinski definition) is 1. The Hall–Kier alpha value is -0.730. The monoisotopic (exact) mass is 154 g/mol. The van der Waals surface area contributed by atoms with E-state index in [1.54, 1.807) is 0 Å². The molecule has 0 aromatic heterocycles. The molecule has 3 heteroatoms. The molecule has 2 rings (SSSR count). The normalized spacial score (nSPS) is 25.1. The van der Waals surface area contributed by atoms with Crippen molar-refractivity contribution >= 4 is 6.03 Å². The van der Waals surface area contributed by atoms with E-state index in [0.29, 0.717) is 0 Å². The Balaban J connectivity index is 1.80. The highest BCUT2D eigenvalue weighted by Crippen LogP contribution is 2.27. The van der Waals surface area contributed by atoms with E-state index in [0.717, 1.165) is 25.6 Å². The molecule has 1 aliphatic carbocycles. The van der Waals surface area contributed by atoms with Gasteiger partial charge in [-0.25, -0.2) is 4.79 Å². The SMILES string of the molecule is O=C1NCCN1CC1CCC1. The largest absolute Gasteiger partial charge is 0.336 e. The van der Waals surface area contributed by atoms with E-state index in [1.165, 1.54) is 19.3 Å². The maximum atomic E-state index is 11.1. The average Bonchev–Trinajstić information content (AvgIpc) is 2.27. The van der Waals surface area contributed by atoms with Crippen molar-refractivity contribution in [3.05, 3.63) is 0 Å². The van der Waals surface area contributed by atoms with Crippen molar-refractivity contribution in [2.45, 2.75) is 19.3 Å². The van der Waals surface area contributed by atoms with E-state index < -0.39 is 0 Å². The summed E-state index contributed by atoms with van der Waals surface area (Å²) in [7, 11) is 0. The number of amides is 2. The standard InChI is InChI=1S/C8H14N2O/c11-8-9-4-5-10(8)6-7-2-1-3-7/h7H,1-6H2,(H,9,11). The quantitative estimate of drug-likeness (QED) is 0.627. The van der Waals surface area contributed by atoms with Gasteiger partial charge in [0.25, 0.3) is 0 Å². The lowest BCUT2D eigenvalue weighted by Crippen LogP contribution is -2.35. The second kappa shape index (κ2) is 2.72. The molecule has 0 spiro atoms. The number of carbonyl (C=O) groups is 1. The van der Waals surface area contributed by atoms with Gasteiger partial charge in [0, 0.05) is 19.6 Å². The third-order valence-electron chi connectivity index (χ3n) is 2.65. The van der Waals surface area contributed by atoms with Crippen LogP contribution in [0.5, 0.6) is 0 Å². The van der Waals surface area contributed by atoms with Crippen molar-refractivity contribution in [3.8, 4) is 0 Å². The van der Waals surface area contributed by atoms with Crippen LogP contribution in [0.3, 0.4) is 0 Å². The molecule has 2 amide bonds. The maximum absolute atomic E-state index is 11.1. The van der Waals surface area contributed by atoms with Crippen LogP contribution in [0.2, 0.25) is 0 Å². The van der Waals surface area contributed by atoms with E-state index in [-0.39, 0.29) is 6.03 Å². The van der Waals surface area contributed by atoms with Crippen LogP contribution in [0.1, 0.15) is 19.3 Å². The fourth-order valence-corrected chi connectivity index (χ4v) is 1.67. The average molecular weight is 154 g/mol. The molecule has 0 bridgehead atoms. The first-order valence-corrected chi connectivity index (χ1v) is 4.39. The minimum Gasteiger partial charge on any atom is -0.336 e. The highest BCUT2D eigenvalue weighted by atomic mass is 16.2. The smallest absolute Gasteiger partial charge is 0.317 e. The Morgan fingerprint density at radius 1 is 1.55 bits per heavy atom. The minimum absolute atomic E-state index is 0.136. The molecular weight excluding hydrogens is 140 g/mol. The molecule has 1 saturated heterocycles. The first kappa shape index (κ1) is 6.95. The molecule has 0 unspecified atom stereocenters. The van der Waals surface area contributed by atoms with Crippen LogP contribution in [0.15, 0.2) is 0 Å². The molecule has 62 valence electrons. The third kappa shape index (κ3) is 1.32. The van der Waals surface area contributed by atoms with Gasteiger partial charge in [0.15, 0.2) is 0 Å². The van der Waals surface area contributed by atoms with E-state index in [1.807, 2.05) is 4.90 Å². The Morgan fingerprint density at radius 3 is 2.82 bits per heavy atom.